The highest BCUT2D eigenvalue weighted by Gasteiger charge is 2.16. The van der Waals surface area contributed by atoms with Gasteiger partial charge in [0.25, 0.3) is 0 Å². The summed E-state index contributed by atoms with van der Waals surface area (Å²) < 4.78 is 5.52. The largest absolute Gasteiger partial charge is 0.376 e. The molecule has 0 radical (unpaired) electrons. The van der Waals surface area contributed by atoms with Crippen molar-refractivity contribution in [3.63, 3.8) is 0 Å². The van der Waals surface area contributed by atoms with Gasteiger partial charge in [-0.05, 0) is 56.9 Å². The van der Waals surface area contributed by atoms with Crippen molar-refractivity contribution in [2.45, 2.75) is 44.7 Å². The van der Waals surface area contributed by atoms with E-state index in [1.807, 2.05) is 0 Å². The summed E-state index contributed by atoms with van der Waals surface area (Å²) in [6.07, 6.45) is 2.32. The van der Waals surface area contributed by atoms with Crippen molar-refractivity contribution < 1.29 is 9.53 Å². The van der Waals surface area contributed by atoms with Crippen molar-refractivity contribution in [1.29, 1.82) is 0 Å². The fourth-order valence-corrected chi connectivity index (χ4v) is 3.92. The molecule has 0 aliphatic carbocycles. The first-order valence-corrected chi connectivity index (χ1v) is 9.41. The fourth-order valence-electron chi connectivity index (χ4n) is 3.10. The quantitative estimate of drug-likeness (QED) is 0.843. The van der Waals surface area contributed by atoms with Crippen molar-refractivity contribution in [2.24, 2.45) is 0 Å². The van der Waals surface area contributed by atoms with Gasteiger partial charge in [-0.25, -0.2) is 4.98 Å². The number of hydrogen-bond acceptors (Lipinski definition) is 4. The lowest BCUT2D eigenvalue weighted by Gasteiger charge is -2.12. The SMILES string of the molecule is Cc1cc(C)c2nc(SCC(=O)NC[C@@H]3CCCO3)c(C)cc2c1. The highest BCUT2D eigenvalue weighted by atomic mass is 32.2. The summed E-state index contributed by atoms with van der Waals surface area (Å²) in [6.45, 7) is 7.66. The monoisotopic (exact) mass is 344 g/mol. The number of nitrogens with one attached hydrogen (secondary N) is 1. The Kier molecular flexibility index (Phi) is 5.41. The number of amides is 1. The van der Waals surface area contributed by atoms with Gasteiger partial charge in [-0.3, -0.25) is 4.79 Å². The second-order valence-electron chi connectivity index (χ2n) is 6.49. The van der Waals surface area contributed by atoms with Crippen LogP contribution < -0.4 is 5.32 Å². The van der Waals surface area contributed by atoms with Gasteiger partial charge >= 0.3 is 0 Å². The lowest BCUT2D eigenvalue weighted by molar-refractivity contribution is -0.119. The number of carbonyl (C=O) groups is 1. The number of aryl methyl sites for hydroxylation is 3. The van der Waals surface area contributed by atoms with Crippen molar-refractivity contribution in [3.05, 3.63) is 34.9 Å². The van der Waals surface area contributed by atoms with Crippen LogP contribution in [0.2, 0.25) is 0 Å². The Bertz CT molecular complexity index is 755. The predicted octanol–water partition coefficient (Wildman–Crippen LogP) is 3.55. The number of aromatic nitrogens is 1. The van der Waals surface area contributed by atoms with Crippen LogP contribution >= 0.6 is 11.8 Å². The minimum atomic E-state index is 0.0393. The third-order valence-corrected chi connectivity index (χ3v) is 5.38. The van der Waals surface area contributed by atoms with Gasteiger partial charge in [-0.1, -0.05) is 23.4 Å². The van der Waals surface area contributed by atoms with E-state index in [1.54, 1.807) is 0 Å². The number of rotatable bonds is 5. The smallest absolute Gasteiger partial charge is 0.230 e. The molecule has 1 atom stereocenters. The summed E-state index contributed by atoms with van der Waals surface area (Å²) in [5, 5.41) is 5.05. The van der Waals surface area contributed by atoms with Gasteiger partial charge in [0, 0.05) is 18.5 Å². The van der Waals surface area contributed by atoms with Crippen LogP contribution in [0.15, 0.2) is 23.2 Å². The van der Waals surface area contributed by atoms with E-state index in [9.17, 15) is 4.79 Å². The van der Waals surface area contributed by atoms with E-state index in [0.29, 0.717) is 12.3 Å². The minimum Gasteiger partial charge on any atom is -0.376 e. The van der Waals surface area contributed by atoms with Gasteiger partial charge in [0.15, 0.2) is 0 Å². The number of thioether (sulfide) groups is 1. The molecule has 0 saturated carbocycles. The Morgan fingerprint density at radius 1 is 1.29 bits per heavy atom. The van der Waals surface area contributed by atoms with E-state index < -0.39 is 0 Å². The Morgan fingerprint density at radius 2 is 2.12 bits per heavy atom. The molecule has 2 heterocycles. The number of carbonyl (C=O) groups excluding carboxylic acids is 1. The maximum absolute atomic E-state index is 12.0. The molecule has 0 spiro atoms. The standard InChI is InChI=1S/C19H24N2O2S/c1-12-7-13(2)18-15(8-12)9-14(3)19(21-18)24-11-17(22)20-10-16-5-4-6-23-16/h7-9,16H,4-6,10-11H2,1-3H3,(H,20,22)/t16-/m0/s1. The first-order chi connectivity index (χ1) is 11.5. The lowest BCUT2D eigenvalue weighted by Crippen LogP contribution is -2.32. The van der Waals surface area contributed by atoms with Crippen LogP contribution in [-0.4, -0.2) is 35.9 Å². The molecule has 1 aromatic carbocycles. The second kappa shape index (κ2) is 7.53. The molecule has 1 saturated heterocycles. The average Bonchev–Trinajstić information content (AvgIpc) is 3.04. The molecule has 2 aromatic rings. The topological polar surface area (TPSA) is 51.2 Å². The van der Waals surface area contributed by atoms with Crippen LogP contribution in [0.3, 0.4) is 0 Å². The van der Waals surface area contributed by atoms with E-state index >= 15 is 0 Å². The minimum absolute atomic E-state index is 0.0393. The molecule has 1 aliphatic heterocycles. The summed E-state index contributed by atoms with van der Waals surface area (Å²) in [5.74, 6) is 0.425. The summed E-state index contributed by atoms with van der Waals surface area (Å²) in [6, 6.07) is 6.47. The third-order valence-electron chi connectivity index (χ3n) is 4.29. The van der Waals surface area contributed by atoms with Crippen LogP contribution in [0.1, 0.15) is 29.5 Å². The van der Waals surface area contributed by atoms with Crippen molar-refractivity contribution in [3.8, 4) is 0 Å². The summed E-state index contributed by atoms with van der Waals surface area (Å²) in [4.78, 5) is 16.8. The lowest BCUT2D eigenvalue weighted by atomic mass is 10.1. The highest BCUT2D eigenvalue weighted by molar-refractivity contribution is 7.99. The molecule has 0 bridgehead atoms. The molecular formula is C19H24N2O2S. The number of fused-ring (bicyclic) bond motifs is 1. The molecule has 5 heteroatoms. The molecule has 1 fully saturated rings. The zero-order chi connectivity index (χ0) is 17.1. The molecule has 0 unspecified atom stereocenters. The number of benzene rings is 1. The normalized spacial score (nSPS) is 17.4. The van der Waals surface area contributed by atoms with E-state index in [0.717, 1.165) is 40.9 Å². The van der Waals surface area contributed by atoms with Crippen LogP contribution in [0.25, 0.3) is 10.9 Å². The first-order valence-electron chi connectivity index (χ1n) is 8.42. The fraction of sp³-hybridized carbons (Fsp3) is 0.474. The van der Waals surface area contributed by atoms with Crippen LogP contribution in [-0.2, 0) is 9.53 Å². The molecule has 4 nitrogen and oxygen atoms in total. The molecule has 3 rings (SSSR count). The third kappa shape index (κ3) is 4.08. The summed E-state index contributed by atoms with van der Waals surface area (Å²) in [5.41, 5.74) is 4.56. The van der Waals surface area contributed by atoms with Crippen LogP contribution in [0, 0.1) is 20.8 Å². The van der Waals surface area contributed by atoms with E-state index in [4.69, 9.17) is 9.72 Å². The first kappa shape index (κ1) is 17.2. The Labute approximate surface area is 147 Å². The van der Waals surface area contributed by atoms with Crippen LogP contribution in [0.5, 0.6) is 0 Å². The summed E-state index contributed by atoms with van der Waals surface area (Å²) >= 11 is 1.50. The predicted molar refractivity (Wildman–Crippen MR) is 98.7 cm³/mol. The van der Waals surface area contributed by atoms with Crippen molar-refractivity contribution in [2.75, 3.05) is 18.9 Å². The number of ether oxygens (including phenoxy) is 1. The Hall–Kier alpha value is -1.59. The van der Waals surface area contributed by atoms with E-state index in [1.165, 1.54) is 22.9 Å². The second-order valence-corrected chi connectivity index (χ2v) is 7.46. The van der Waals surface area contributed by atoms with Gasteiger partial charge in [-0.15, -0.1) is 0 Å². The molecule has 1 amide bonds. The molecule has 24 heavy (non-hydrogen) atoms. The Balaban J connectivity index is 1.64. The van der Waals surface area contributed by atoms with E-state index in [2.05, 4.69) is 44.3 Å². The van der Waals surface area contributed by atoms with Crippen molar-refractivity contribution >= 4 is 28.6 Å². The zero-order valence-corrected chi connectivity index (χ0v) is 15.3. The van der Waals surface area contributed by atoms with Crippen LogP contribution in [0.4, 0.5) is 0 Å². The molecular weight excluding hydrogens is 320 g/mol. The zero-order valence-electron chi connectivity index (χ0n) is 14.5. The highest BCUT2D eigenvalue weighted by Crippen LogP contribution is 2.27. The van der Waals surface area contributed by atoms with Gasteiger partial charge in [0.2, 0.25) is 5.91 Å². The van der Waals surface area contributed by atoms with Gasteiger partial charge in [0.1, 0.15) is 5.03 Å². The maximum atomic E-state index is 12.0. The van der Waals surface area contributed by atoms with Crippen molar-refractivity contribution in [1.82, 2.24) is 10.3 Å². The average molecular weight is 344 g/mol. The van der Waals surface area contributed by atoms with E-state index in [-0.39, 0.29) is 12.0 Å². The number of nitrogens with zero attached hydrogens (tertiary/aromatic N) is 1. The summed E-state index contributed by atoms with van der Waals surface area (Å²) in [7, 11) is 0. The molecule has 1 aliphatic rings. The number of pyridine rings is 1. The maximum Gasteiger partial charge on any atom is 0.230 e. The van der Waals surface area contributed by atoms with Gasteiger partial charge in [-0.2, -0.15) is 0 Å². The Morgan fingerprint density at radius 3 is 2.88 bits per heavy atom. The molecule has 1 N–H and O–H groups in total. The van der Waals surface area contributed by atoms with Gasteiger partial charge < -0.3 is 10.1 Å². The number of hydrogen-bond donors (Lipinski definition) is 1. The molecule has 1 aromatic heterocycles. The van der Waals surface area contributed by atoms with Gasteiger partial charge in [0.05, 0.1) is 17.4 Å². The molecule has 128 valence electrons.